The summed E-state index contributed by atoms with van der Waals surface area (Å²) in [7, 11) is 0. The van der Waals surface area contributed by atoms with Gasteiger partial charge in [-0.1, -0.05) is 36.4 Å². The lowest BCUT2D eigenvalue weighted by molar-refractivity contribution is 0.0656. The first-order chi connectivity index (χ1) is 12.1. The van der Waals surface area contributed by atoms with E-state index in [4.69, 9.17) is 9.84 Å². The van der Waals surface area contributed by atoms with E-state index in [1.54, 1.807) is 12.1 Å². The smallest absolute Gasteiger partial charge is 0.335 e. The predicted octanol–water partition coefficient (Wildman–Crippen LogP) is 2.86. The van der Waals surface area contributed by atoms with E-state index >= 15 is 0 Å². The van der Waals surface area contributed by atoms with Crippen LogP contribution in [0.2, 0.25) is 0 Å². The van der Waals surface area contributed by atoms with Crippen molar-refractivity contribution in [2.45, 2.75) is 18.9 Å². The molecule has 1 N–H and O–H groups in total. The molecular weight excluding hydrogens is 318 g/mol. The molecule has 1 amide bonds. The van der Waals surface area contributed by atoms with E-state index in [0.29, 0.717) is 25.3 Å². The Morgan fingerprint density at radius 1 is 1.08 bits per heavy atom. The lowest BCUT2D eigenvalue weighted by Gasteiger charge is -2.28. The van der Waals surface area contributed by atoms with E-state index in [2.05, 4.69) is 0 Å². The number of amides is 1. The SMILES string of the molecule is O=C(O)c1cccc(C(=O)N(CCc2ccccc2)[C@H]2CCOC2)c1. The summed E-state index contributed by atoms with van der Waals surface area (Å²) >= 11 is 0. The monoisotopic (exact) mass is 339 g/mol. The summed E-state index contributed by atoms with van der Waals surface area (Å²) in [6.07, 6.45) is 1.56. The Morgan fingerprint density at radius 3 is 2.52 bits per heavy atom. The second kappa shape index (κ2) is 7.94. The van der Waals surface area contributed by atoms with Crippen molar-refractivity contribution in [2.75, 3.05) is 19.8 Å². The van der Waals surface area contributed by atoms with Gasteiger partial charge in [0.2, 0.25) is 0 Å². The average molecular weight is 339 g/mol. The maximum atomic E-state index is 13.0. The average Bonchev–Trinajstić information content (AvgIpc) is 3.17. The van der Waals surface area contributed by atoms with Crippen LogP contribution in [0, 0.1) is 0 Å². The van der Waals surface area contributed by atoms with E-state index < -0.39 is 5.97 Å². The van der Waals surface area contributed by atoms with Crippen molar-refractivity contribution in [1.29, 1.82) is 0 Å². The zero-order valence-electron chi connectivity index (χ0n) is 13.9. The molecule has 25 heavy (non-hydrogen) atoms. The van der Waals surface area contributed by atoms with Crippen molar-refractivity contribution in [3.05, 3.63) is 71.3 Å². The molecule has 2 aromatic rings. The number of carboxylic acid groups (broad SMARTS) is 1. The van der Waals surface area contributed by atoms with E-state index in [9.17, 15) is 9.59 Å². The van der Waals surface area contributed by atoms with Crippen LogP contribution in [0.4, 0.5) is 0 Å². The van der Waals surface area contributed by atoms with Gasteiger partial charge in [0.1, 0.15) is 0 Å². The highest BCUT2D eigenvalue weighted by atomic mass is 16.5. The number of benzene rings is 2. The molecule has 0 bridgehead atoms. The van der Waals surface area contributed by atoms with Gasteiger partial charge in [0.15, 0.2) is 0 Å². The number of nitrogens with zero attached hydrogens (tertiary/aromatic N) is 1. The van der Waals surface area contributed by atoms with Gasteiger partial charge in [-0.15, -0.1) is 0 Å². The Hall–Kier alpha value is -2.66. The third kappa shape index (κ3) is 4.25. The standard InChI is InChI=1S/C20H21NO4/c22-19(16-7-4-8-17(13-16)20(23)24)21(18-10-12-25-14-18)11-9-15-5-2-1-3-6-15/h1-8,13,18H,9-12,14H2,(H,23,24)/t18-/m0/s1. The number of rotatable bonds is 6. The summed E-state index contributed by atoms with van der Waals surface area (Å²) in [6, 6.07) is 16.3. The minimum Gasteiger partial charge on any atom is -0.478 e. The summed E-state index contributed by atoms with van der Waals surface area (Å²) < 4.78 is 5.45. The van der Waals surface area contributed by atoms with Crippen molar-refractivity contribution in [3.63, 3.8) is 0 Å². The summed E-state index contributed by atoms with van der Waals surface area (Å²) in [5.41, 5.74) is 1.69. The molecule has 5 nitrogen and oxygen atoms in total. The van der Waals surface area contributed by atoms with E-state index in [1.807, 2.05) is 35.2 Å². The summed E-state index contributed by atoms with van der Waals surface area (Å²) in [5.74, 6) is -1.18. The fraction of sp³-hybridized carbons (Fsp3) is 0.300. The molecular formula is C20H21NO4. The molecule has 130 valence electrons. The van der Waals surface area contributed by atoms with Crippen LogP contribution in [-0.4, -0.2) is 47.7 Å². The van der Waals surface area contributed by atoms with Crippen molar-refractivity contribution >= 4 is 11.9 Å². The molecule has 0 radical (unpaired) electrons. The Labute approximate surface area is 146 Å². The summed E-state index contributed by atoms with van der Waals surface area (Å²) in [5, 5.41) is 9.15. The maximum Gasteiger partial charge on any atom is 0.335 e. The summed E-state index contributed by atoms with van der Waals surface area (Å²) in [6.45, 7) is 1.75. The minimum absolute atomic E-state index is 0.0321. The molecule has 0 spiro atoms. The Bertz CT molecular complexity index is 738. The van der Waals surface area contributed by atoms with Crippen molar-refractivity contribution in [1.82, 2.24) is 4.90 Å². The van der Waals surface area contributed by atoms with Crippen LogP contribution in [0.3, 0.4) is 0 Å². The van der Waals surface area contributed by atoms with E-state index in [1.165, 1.54) is 17.7 Å². The molecule has 2 aromatic carbocycles. The van der Waals surface area contributed by atoms with Crippen LogP contribution in [0.25, 0.3) is 0 Å². The lowest BCUT2D eigenvalue weighted by Crippen LogP contribution is -2.42. The highest BCUT2D eigenvalue weighted by Crippen LogP contribution is 2.18. The van der Waals surface area contributed by atoms with Crippen LogP contribution in [0.15, 0.2) is 54.6 Å². The Morgan fingerprint density at radius 2 is 1.84 bits per heavy atom. The van der Waals surface area contributed by atoms with Crippen LogP contribution in [0.5, 0.6) is 0 Å². The van der Waals surface area contributed by atoms with E-state index in [-0.39, 0.29) is 17.5 Å². The molecule has 5 heteroatoms. The van der Waals surface area contributed by atoms with Gasteiger partial charge < -0.3 is 14.7 Å². The van der Waals surface area contributed by atoms with Crippen LogP contribution in [-0.2, 0) is 11.2 Å². The second-order valence-electron chi connectivity index (χ2n) is 6.14. The van der Waals surface area contributed by atoms with Gasteiger partial charge in [-0.25, -0.2) is 4.79 Å². The fourth-order valence-corrected chi connectivity index (χ4v) is 3.06. The number of hydrogen-bond donors (Lipinski definition) is 1. The quantitative estimate of drug-likeness (QED) is 0.879. The Balaban J connectivity index is 1.79. The lowest BCUT2D eigenvalue weighted by atomic mass is 10.1. The van der Waals surface area contributed by atoms with Gasteiger partial charge >= 0.3 is 5.97 Å². The highest BCUT2D eigenvalue weighted by molar-refractivity contribution is 5.97. The number of carboxylic acids is 1. The van der Waals surface area contributed by atoms with Gasteiger partial charge in [-0.3, -0.25) is 4.79 Å². The number of ether oxygens (including phenoxy) is 1. The number of carbonyl (C=O) groups excluding carboxylic acids is 1. The molecule has 0 saturated carbocycles. The molecule has 0 aliphatic carbocycles. The first-order valence-corrected chi connectivity index (χ1v) is 8.41. The molecule has 1 aliphatic heterocycles. The van der Waals surface area contributed by atoms with Gasteiger partial charge in [-0.05, 0) is 36.6 Å². The Kier molecular flexibility index (Phi) is 5.46. The molecule has 1 fully saturated rings. The van der Waals surface area contributed by atoms with Crippen molar-refractivity contribution in [3.8, 4) is 0 Å². The molecule has 3 rings (SSSR count). The molecule has 0 aromatic heterocycles. The highest BCUT2D eigenvalue weighted by Gasteiger charge is 2.28. The zero-order chi connectivity index (χ0) is 17.6. The number of aromatic carboxylic acids is 1. The zero-order valence-corrected chi connectivity index (χ0v) is 13.9. The third-order valence-electron chi connectivity index (χ3n) is 4.45. The van der Waals surface area contributed by atoms with Crippen LogP contribution >= 0.6 is 0 Å². The third-order valence-corrected chi connectivity index (χ3v) is 4.45. The molecule has 1 heterocycles. The van der Waals surface area contributed by atoms with Crippen LogP contribution in [0.1, 0.15) is 32.7 Å². The van der Waals surface area contributed by atoms with Gasteiger partial charge in [-0.2, -0.15) is 0 Å². The topological polar surface area (TPSA) is 66.8 Å². The predicted molar refractivity (Wildman–Crippen MR) is 93.8 cm³/mol. The maximum absolute atomic E-state index is 13.0. The van der Waals surface area contributed by atoms with Crippen molar-refractivity contribution in [2.24, 2.45) is 0 Å². The van der Waals surface area contributed by atoms with Crippen LogP contribution < -0.4 is 0 Å². The first-order valence-electron chi connectivity index (χ1n) is 8.41. The summed E-state index contributed by atoms with van der Waals surface area (Å²) in [4.78, 5) is 26.0. The first kappa shape index (κ1) is 17.2. The normalized spacial score (nSPS) is 16.6. The number of carbonyl (C=O) groups is 2. The molecule has 1 aliphatic rings. The molecule has 1 atom stereocenters. The minimum atomic E-state index is -1.03. The molecule has 0 unspecified atom stereocenters. The van der Waals surface area contributed by atoms with Gasteiger partial charge in [0, 0.05) is 18.7 Å². The largest absolute Gasteiger partial charge is 0.478 e. The molecule has 1 saturated heterocycles. The van der Waals surface area contributed by atoms with Gasteiger partial charge in [0.05, 0.1) is 18.2 Å². The fourth-order valence-electron chi connectivity index (χ4n) is 3.06. The second-order valence-corrected chi connectivity index (χ2v) is 6.14. The number of hydrogen-bond acceptors (Lipinski definition) is 3. The van der Waals surface area contributed by atoms with Crippen molar-refractivity contribution < 1.29 is 19.4 Å². The van der Waals surface area contributed by atoms with Gasteiger partial charge in [0.25, 0.3) is 5.91 Å². The van der Waals surface area contributed by atoms with E-state index in [0.717, 1.165) is 12.8 Å².